The average Bonchev–Trinajstić information content (AvgIpc) is 2.28. The molecule has 0 aliphatic rings. The summed E-state index contributed by atoms with van der Waals surface area (Å²) >= 11 is 0. The van der Waals surface area contributed by atoms with Crippen molar-refractivity contribution in [1.29, 1.82) is 0 Å². The second-order valence-corrected chi connectivity index (χ2v) is 3.82. The van der Waals surface area contributed by atoms with Crippen LogP contribution in [0.5, 0.6) is 0 Å². The molecule has 2 nitrogen and oxygen atoms in total. The first kappa shape index (κ1) is 9.33. The van der Waals surface area contributed by atoms with Crippen LogP contribution in [-0.2, 0) is 0 Å². The summed E-state index contributed by atoms with van der Waals surface area (Å²) in [6.07, 6.45) is 0. The molecule has 0 saturated heterocycles. The monoisotopic (exact) mass is 166 g/mol. The SMILES string of the molecule is Cc1cc(C)c(C(N)C(C)C)[nH]1. The summed E-state index contributed by atoms with van der Waals surface area (Å²) in [6.45, 7) is 8.44. The number of aromatic nitrogens is 1. The van der Waals surface area contributed by atoms with E-state index in [0.29, 0.717) is 5.92 Å². The molecular formula is C10H18N2. The Kier molecular flexibility index (Phi) is 2.58. The van der Waals surface area contributed by atoms with Crippen LogP contribution in [0, 0.1) is 19.8 Å². The van der Waals surface area contributed by atoms with Gasteiger partial charge >= 0.3 is 0 Å². The normalized spacial score (nSPS) is 13.8. The highest BCUT2D eigenvalue weighted by atomic mass is 14.8. The Labute approximate surface area is 74.2 Å². The Hall–Kier alpha value is -0.760. The highest BCUT2D eigenvalue weighted by Crippen LogP contribution is 2.21. The van der Waals surface area contributed by atoms with Gasteiger partial charge in [-0.15, -0.1) is 0 Å². The summed E-state index contributed by atoms with van der Waals surface area (Å²) in [7, 11) is 0. The molecule has 68 valence electrons. The van der Waals surface area contributed by atoms with Gasteiger partial charge in [0.1, 0.15) is 0 Å². The fraction of sp³-hybridized carbons (Fsp3) is 0.600. The first-order valence-corrected chi connectivity index (χ1v) is 4.44. The van der Waals surface area contributed by atoms with Crippen molar-refractivity contribution in [2.75, 3.05) is 0 Å². The van der Waals surface area contributed by atoms with Gasteiger partial charge in [0.25, 0.3) is 0 Å². The van der Waals surface area contributed by atoms with Gasteiger partial charge in [-0.25, -0.2) is 0 Å². The van der Waals surface area contributed by atoms with E-state index in [-0.39, 0.29) is 6.04 Å². The molecule has 0 saturated carbocycles. The summed E-state index contributed by atoms with van der Waals surface area (Å²) in [5.74, 6) is 0.488. The summed E-state index contributed by atoms with van der Waals surface area (Å²) in [5, 5.41) is 0. The van der Waals surface area contributed by atoms with E-state index in [9.17, 15) is 0 Å². The van der Waals surface area contributed by atoms with Gasteiger partial charge in [0.2, 0.25) is 0 Å². The van der Waals surface area contributed by atoms with Gasteiger partial charge < -0.3 is 10.7 Å². The zero-order valence-corrected chi connectivity index (χ0v) is 8.31. The fourth-order valence-electron chi connectivity index (χ4n) is 1.43. The number of H-pyrrole nitrogens is 1. The zero-order chi connectivity index (χ0) is 9.30. The van der Waals surface area contributed by atoms with E-state index in [1.165, 1.54) is 17.0 Å². The maximum atomic E-state index is 6.02. The molecule has 0 bridgehead atoms. The average molecular weight is 166 g/mol. The van der Waals surface area contributed by atoms with Gasteiger partial charge in [0.15, 0.2) is 0 Å². The maximum absolute atomic E-state index is 6.02. The number of nitrogens with one attached hydrogen (secondary N) is 1. The lowest BCUT2D eigenvalue weighted by molar-refractivity contribution is 0.502. The lowest BCUT2D eigenvalue weighted by atomic mass is 10.00. The third-order valence-electron chi connectivity index (χ3n) is 2.24. The molecular weight excluding hydrogens is 148 g/mol. The van der Waals surface area contributed by atoms with E-state index < -0.39 is 0 Å². The zero-order valence-electron chi connectivity index (χ0n) is 8.31. The van der Waals surface area contributed by atoms with E-state index >= 15 is 0 Å². The van der Waals surface area contributed by atoms with E-state index in [1.807, 2.05) is 0 Å². The smallest absolute Gasteiger partial charge is 0.0473 e. The number of aromatic amines is 1. The Balaban J connectivity index is 2.94. The minimum atomic E-state index is 0.138. The van der Waals surface area contributed by atoms with Gasteiger partial charge in [-0.1, -0.05) is 13.8 Å². The van der Waals surface area contributed by atoms with Crippen molar-refractivity contribution in [3.8, 4) is 0 Å². The van der Waals surface area contributed by atoms with Crippen LogP contribution in [0.3, 0.4) is 0 Å². The molecule has 0 aromatic carbocycles. The lowest BCUT2D eigenvalue weighted by Gasteiger charge is -2.15. The van der Waals surface area contributed by atoms with Crippen molar-refractivity contribution in [3.05, 3.63) is 23.0 Å². The van der Waals surface area contributed by atoms with E-state index in [2.05, 4.69) is 38.7 Å². The first-order valence-electron chi connectivity index (χ1n) is 4.44. The molecule has 1 heterocycles. The van der Waals surface area contributed by atoms with Gasteiger partial charge in [0, 0.05) is 17.4 Å². The van der Waals surface area contributed by atoms with Crippen molar-refractivity contribution in [3.63, 3.8) is 0 Å². The van der Waals surface area contributed by atoms with Crippen LogP contribution in [0.4, 0.5) is 0 Å². The molecule has 1 aromatic rings. The molecule has 0 fully saturated rings. The first-order chi connectivity index (χ1) is 5.52. The van der Waals surface area contributed by atoms with Crippen molar-refractivity contribution < 1.29 is 0 Å². The molecule has 1 unspecified atom stereocenters. The van der Waals surface area contributed by atoms with Crippen molar-refractivity contribution in [2.24, 2.45) is 11.7 Å². The van der Waals surface area contributed by atoms with Gasteiger partial charge in [-0.05, 0) is 31.4 Å². The summed E-state index contributed by atoms with van der Waals surface area (Å²) in [4.78, 5) is 3.30. The molecule has 1 aromatic heterocycles. The van der Waals surface area contributed by atoms with E-state index in [1.54, 1.807) is 0 Å². The quantitative estimate of drug-likeness (QED) is 0.695. The number of hydrogen-bond acceptors (Lipinski definition) is 1. The molecule has 0 spiro atoms. The predicted molar refractivity (Wildman–Crippen MR) is 52.0 cm³/mol. The third-order valence-corrected chi connectivity index (χ3v) is 2.24. The minimum absolute atomic E-state index is 0.138. The van der Waals surface area contributed by atoms with Crippen LogP contribution in [0.2, 0.25) is 0 Å². The summed E-state index contributed by atoms with van der Waals surface area (Å²) in [5.41, 5.74) is 9.67. The van der Waals surface area contributed by atoms with Crippen LogP contribution in [0.15, 0.2) is 6.07 Å². The Morgan fingerprint density at radius 3 is 2.25 bits per heavy atom. The molecule has 12 heavy (non-hydrogen) atoms. The standard InChI is InChI=1S/C10H18N2/c1-6(2)9(11)10-7(3)5-8(4)12-10/h5-6,9,12H,11H2,1-4H3. The maximum Gasteiger partial charge on any atom is 0.0473 e. The van der Waals surface area contributed by atoms with Crippen molar-refractivity contribution in [2.45, 2.75) is 33.7 Å². The molecule has 0 aliphatic carbocycles. The van der Waals surface area contributed by atoms with Gasteiger partial charge in [-0.2, -0.15) is 0 Å². The van der Waals surface area contributed by atoms with Crippen LogP contribution in [-0.4, -0.2) is 4.98 Å². The molecule has 3 N–H and O–H groups in total. The molecule has 0 radical (unpaired) electrons. The fourth-order valence-corrected chi connectivity index (χ4v) is 1.43. The second kappa shape index (κ2) is 3.31. The van der Waals surface area contributed by atoms with Crippen LogP contribution in [0.1, 0.15) is 36.8 Å². The lowest BCUT2D eigenvalue weighted by Crippen LogP contribution is -2.17. The number of aryl methyl sites for hydroxylation is 2. The van der Waals surface area contributed by atoms with Crippen molar-refractivity contribution >= 4 is 0 Å². The van der Waals surface area contributed by atoms with Crippen molar-refractivity contribution in [1.82, 2.24) is 4.98 Å². The number of nitrogens with two attached hydrogens (primary N) is 1. The third kappa shape index (κ3) is 1.69. The van der Waals surface area contributed by atoms with E-state index in [4.69, 9.17) is 5.73 Å². The Bertz CT molecular complexity index is 261. The molecule has 1 rings (SSSR count). The Morgan fingerprint density at radius 2 is 1.92 bits per heavy atom. The van der Waals surface area contributed by atoms with Crippen LogP contribution >= 0.6 is 0 Å². The largest absolute Gasteiger partial charge is 0.361 e. The van der Waals surface area contributed by atoms with Gasteiger partial charge in [0.05, 0.1) is 0 Å². The van der Waals surface area contributed by atoms with E-state index in [0.717, 1.165) is 0 Å². The minimum Gasteiger partial charge on any atom is -0.361 e. The van der Waals surface area contributed by atoms with Crippen LogP contribution in [0.25, 0.3) is 0 Å². The molecule has 0 aliphatic heterocycles. The topological polar surface area (TPSA) is 41.8 Å². The summed E-state index contributed by atoms with van der Waals surface area (Å²) < 4.78 is 0. The second-order valence-electron chi connectivity index (χ2n) is 3.82. The molecule has 2 heteroatoms. The predicted octanol–water partition coefficient (Wildman–Crippen LogP) is 2.29. The van der Waals surface area contributed by atoms with Crippen LogP contribution < -0.4 is 5.73 Å². The highest BCUT2D eigenvalue weighted by Gasteiger charge is 2.14. The number of rotatable bonds is 2. The Morgan fingerprint density at radius 1 is 1.33 bits per heavy atom. The summed E-state index contributed by atoms with van der Waals surface area (Å²) in [6, 6.07) is 2.27. The molecule has 0 amide bonds. The highest BCUT2D eigenvalue weighted by molar-refractivity contribution is 5.26. The molecule has 1 atom stereocenters. The van der Waals surface area contributed by atoms with Gasteiger partial charge in [-0.3, -0.25) is 0 Å². The number of hydrogen-bond donors (Lipinski definition) is 2.